The molecule has 0 aliphatic carbocycles. The molecule has 238 valence electrons. The van der Waals surface area contributed by atoms with Crippen LogP contribution in [-0.2, 0) is 22.6 Å². The fourth-order valence-corrected chi connectivity index (χ4v) is 6.07. The van der Waals surface area contributed by atoms with Gasteiger partial charge in [-0.1, -0.05) is 23.7 Å². The van der Waals surface area contributed by atoms with E-state index in [4.69, 9.17) is 11.6 Å². The molecule has 2 N–H and O–H groups in total. The Hall–Kier alpha value is -4.52. The molecule has 2 aliphatic rings. The van der Waals surface area contributed by atoms with Crippen molar-refractivity contribution in [3.05, 3.63) is 85.7 Å². The Morgan fingerprint density at radius 3 is 2.51 bits per heavy atom. The Labute approximate surface area is 262 Å². The van der Waals surface area contributed by atoms with E-state index < -0.39 is 29.7 Å². The number of hydrogen-bond acceptors (Lipinski definition) is 5. The molecule has 0 unspecified atom stereocenters. The number of rotatable bonds is 7. The summed E-state index contributed by atoms with van der Waals surface area (Å²) in [6.07, 6.45) is 2.69. The van der Waals surface area contributed by atoms with Crippen LogP contribution >= 0.6 is 11.6 Å². The van der Waals surface area contributed by atoms with Crippen molar-refractivity contribution in [1.29, 1.82) is 0 Å². The number of urea groups is 1. The number of likely N-dealkylation sites (tertiary alicyclic amines) is 1. The van der Waals surface area contributed by atoms with Crippen molar-refractivity contribution >= 4 is 35.1 Å². The third-order valence-corrected chi connectivity index (χ3v) is 8.65. The summed E-state index contributed by atoms with van der Waals surface area (Å²) >= 11 is 6.19. The van der Waals surface area contributed by atoms with Crippen LogP contribution in [-0.4, -0.2) is 69.0 Å². The zero-order valence-corrected chi connectivity index (χ0v) is 25.6. The van der Waals surface area contributed by atoms with E-state index in [0.717, 1.165) is 20.8 Å². The quantitative estimate of drug-likeness (QED) is 0.409. The van der Waals surface area contributed by atoms with E-state index in [0.29, 0.717) is 44.6 Å². The summed E-state index contributed by atoms with van der Waals surface area (Å²) in [7, 11) is 0. The van der Waals surface area contributed by atoms with Crippen LogP contribution in [0.15, 0.2) is 52.2 Å². The van der Waals surface area contributed by atoms with Gasteiger partial charge in [0.2, 0.25) is 11.8 Å². The van der Waals surface area contributed by atoms with Gasteiger partial charge in [-0.25, -0.2) is 18.4 Å². The first kappa shape index (κ1) is 31.9. The number of nitrogens with one attached hydrogen (secondary N) is 2. The summed E-state index contributed by atoms with van der Waals surface area (Å²) in [5.41, 5.74) is -0.229. The van der Waals surface area contributed by atoms with Crippen LogP contribution in [0.2, 0.25) is 5.02 Å². The van der Waals surface area contributed by atoms with Gasteiger partial charge >= 0.3 is 11.7 Å². The normalized spacial score (nSPS) is 16.1. The molecule has 0 radical (unpaired) electrons. The van der Waals surface area contributed by atoms with E-state index in [1.54, 1.807) is 22.8 Å². The third-order valence-electron chi connectivity index (χ3n) is 8.27. The first-order valence-corrected chi connectivity index (χ1v) is 15.0. The van der Waals surface area contributed by atoms with Crippen molar-refractivity contribution in [2.45, 2.75) is 51.7 Å². The van der Waals surface area contributed by atoms with E-state index >= 15 is 0 Å². The number of halogens is 3. The number of anilines is 1. The fourth-order valence-electron chi connectivity index (χ4n) is 5.84. The highest BCUT2D eigenvalue weighted by molar-refractivity contribution is 6.33. The lowest BCUT2D eigenvalue weighted by molar-refractivity contribution is -0.133. The van der Waals surface area contributed by atoms with Crippen molar-refractivity contribution in [1.82, 2.24) is 24.3 Å². The number of amides is 4. The predicted octanol–water partition coefficient (Wildman–Crippen LogP) is 3.39. The molecule has 11 nitrogen and oxygen atoms in total. The molecule has 0 spiro atoms. The molecule has 0 saturated carbocycles. The van der Waals surface area contributed by atoms with Crippen molar-refractivity contribution in [2.24, 2.45) is 0 Å². The maximum absolute atomic E-state index is 14.3. The van der Waals surface area contributed by atoms with E-state index in [-0.39, 0.29) is 52.4 Å². The van der Waals surface area contributed by atoms with Crippen LogP contribution in [0.3, 0.4) is 0 Å². The zero-order valence-electron chi connectivity index (χ0n) is 24.8. The van der Waals surface area contributed by atoms with Crippen LogP contribution in [0, 0.1) is 11.6 Å². The van der Waals surface area contributed by atoms with Gasteiger partial charge in [-0.05, 0) is 56.0 Å². The van der Waals surface area contributed by atoms with Gasteiger partial charge in [0.1, 0.15) is 18.2 Å². The smallest absolute Gasteiger partial charge is 0.331 e. The van der Waals surface area contributed by atoms with E-state index in [1.165, 1.54) is 37.4 Å². The van der Waals surface area contributed by atoms with Gasteiger partial charge < -0.3 is 20.4 Å². The number of benzene rings is 2. The molecule has 3 heterocycles. The van der Waals surface area contributed by atoms with Crippen LogP contribution in [0.1, 0.15) is 38.3 Å². The molecule has 14 heteroatoms. The molecule has 2 aromatic carbocycles. The standard InChI is InChI=1S/C31H33ClF2N6O5/c1-18(15-35-19(2)41)40-29(43)24(23-4-3-5-25(34)28(23)32)16-38(31(40)45)17-27(42)37-11-9-22(10-12-37)39-13-8-20-14-21(33)6-7-26(20)36-30(39)44/h3-7,14,16,18,22H,8-13,15,17H2,1-2H3,(H,35,41)(H,36,44)/t18-/m0/s1. The molecule has 3 aromatic rings. The molecular formula is C31H33ClF2N6O5. The van der Waals surface area contributed by atoms with Gasteiger partial charge in [0, 0.05) is 56.6 Å². The number of nitrogens with zero attached hydrogens (tertiary/aromatic N) is 4. The monoisotopic (exact) mass is 642 g/mol. The summed E-state index contributed by atoms with van der Waals surface area (Å²) in [6.45, 7) is 3.49. The Balaban J connectivity index is 1.34. The fraction of sp³-hybridized carbons (Fsp3) is 0.387. The molecule has 1 saturated heterocycles. The van der Waals surface area contributed by atoms with Gasteiger partial charge in [0.15, 0.2) is 0 Å². The van der Waals surface area contributed by atoms with Gasteiger partial charge in [0.05, 0.1) is 16.6 Å². The lowest BCUT2D eigenvalue weighted by Crippen LogP contribution is -2.51. The largest absolute Gasteiger partial charge is 0.354 e. The summed E-state index contributed by atoms with van der Waals surface area (Å²) in [6, 6.07) is 7.02. The molecule has 4 amide bonds. The van der Waals surface area contributed by atoms with Crippen LogP contribution in [0.4, 0.5) is 19.3 Å². The van der Waals surface area contributed by atoms with Gasteiger partial charge in [0.25, 0.3) is 5.56 Å². The number of piperidine rings is 1. The Morgan fingerprint density at radius 1 is 1.07 bits per heavy atom. The predicted molar refractivity (Wildman–Crippen MR) is 164 cm³/mol. The van der Waals surface area contributed by atoms with E-state index in [2.05, 4.69) is 10.6 Å². The lowest BCUT2D eigenvalue weighted by Gasteiger charge is -2.38. The lowest BCUT2D eigenvalue weighted by atomic mass is 10.0. The Morgan fingerprint density at radius 2 is 1.80 bits per heavy atom. The van der Waals surface area contributed by atoms with E-state index in [9.17, 15) is 32.8 Å². The van der Waals surface area contributed by atoms with Gasteiger partial charge in [-0.3, -0.25) is 23.5 Å². The maximum Gasteiger partial charge on any atom is 0.331 e. The van der Waals surface area contributed by atoms with Gasteiger partial charge in [-0.15, -0.1) is 0 Å². The van der Waals surface area contributed by atoms with Gasteiger partial charge in [-0.2, -0.15) is 0 Å². The minimum absolute atomic E-state index is 0.0314. The first-order valence-electron chi connectivity index (χ1n) is 14.6. The second-order valence-electron chi connectivity index (χ2n) is 11.3. The molecule has 45 heavy (non-hydrogen) atoms. The summed E-state index contributed by atoms with van der Waals surface area (Å²) < 4.78 is 30.1. The maximum atomic E-state index is 14.3. The number of carbonyl (C=O) groups excluding carboxylic acids is 3. The SMILES string of the molecule is CC(=O)NC[C@H](C)n1c(=O)c(-c2cccc(F)c2Cl)cn(CC(=O)N2CCC(N3CCc4cc(F)ccc4NC3=O)CC2)c1=O. The highest BCUT2D eigenvalue weighted by atomic mass is 35.5. The average molecular weight is 643 g/mol. The molecule has 2 aliphatic heterocycles. The average Bonchev–Trinajstić information content (AvgIpc) is 3.17. The number of carbonyl (C=O) groups is 3. The Kier molecular flexibility index (Phi) is 9.37. The van der Waals surface area contributed by atoms with Crippen LogP contribution in [0.25, 0.3) is 11.1 Å². The van der Waals surface area contributed by atoms with Crippen molar-refractivity contribution in [3.63, 3.8) is 0 Å². The first-order chi connectivity index (χ1) is 21.4. The summed E-state index contributed by atoms with van der Waals surface area (Å²) in [5.74, 6) is -1.85. The summed E-state index contributed by atoms with van der Waals surface area (Å²) in [5, 5.41) is 5.12. The van der Waals surface area contributed by atoms with Crippen LogP contribution in [0.5, 0.6) is 0 Å². The topological polar surface area (TPSA) is 126 Å². The molecule has 1 atom stereocenters. The minimum Gasteiger partial charge on any atom is -0.354 e. The molecular weight excluding hydrogens is 610 g/mol. The third kappa shape index (κ3) is 6.77. The molecule has 1 fully saturated rings. The molecule has 1 aromatic heterocycles. The Bertz CT molecular complexity index is 1770. The number of fused-ring (bicyclic) bond motifs is 1. The molecule has 5 rings (SSSR count). The van der Waals surface area contributed by atoms with Crippen LogP contribution < -0.4 is 21.9 Å². The zero-order chi connectivity index (χ0) is 32.4. The highest BCUT2D eigenvalue weighted by Crippen LogP contribution is 2.28. The number of aromatic nitrogens is 2. The van der Waals surface area contributed by atoms with Crippen molar-refractivity contribution in [3.8, 4) is 11.1 Å². The minimum atomic E-state index is -0.791. The molecule has 0 bridgehead atoms. The van der Waals surface area contributed by atoms with Crippen molar-refractivity contribution in [2.75, 3.05) is 31.5 Å². The highest BCUT2D eigenvalue weighted by Gasteiger charge is 2.32. The number of hydrogen-bond donors (Lipinski definition) is 2. The second kappa shape index (κ2) is 13.2. The summed E-state index contributed by atoms with van der Waals surface area (Å²) in [4.78, 5) is 68.3. The van der Waals surface area contributed by atoms with Crippen molar-refractivity contribution < 1.29 is 23.2 Å². The van der Waals surface area contributed by atoms with E-state index in [1.807, 2.05) is 0 Å². The second-order valence-corrected chi connectivity index (χ2v) is 11.7.